The average molecular weight is 303 g/mol. The molecular weight excluding hydrogens is 278 g/mol. The summed E-state index contributed by atoms with van der Waals surface area (Å²) in [4.78, 5) is 26.5. The Balaban J connectivity index is 2.04. The van der Waals surface area contributed by atoms with Crippen LogP contribution in [0, 0.1) is 0 Å². The Bertz CT molecular complexity index is 519. The van der Waals surface area contributed by atoms with Gasteiger partial charge in [0.05, 0.1) is 0 Å². The summed E-state index contributed by atoms with van der Waals surface area (Å²) in [6.07, 6.45) is 2.93. The van der Waals surface area contributed by atoms with Crippen molar-refractivity contribution in [2.24, 2.45) is 0 Å². The van der Waals surface area contributed by atoms with Crippen LogP contribution in [0.1, 0.15) is 56.8 Å². The van der Waals surface area contributed by atoms with Gasteiger partial charge in [0.15, 0.2) is 5.78 Å². The minimum Gasteiger partial charge on any atom is -0.444 e. The van der Waals surface area contributed by atoms with Crippen molar-refractivity contribution < 1.29 is 14.3 Å². The van der Waals surface area contributed by atoms with E-state index in [0.717, 1.165) is 19.3 Å². The molecule has 0 aliphatic carbocycles. The smallest absolute Gasteiger partial charge is 0.410 e. The van der Waals surface area contributed by atoms with Crippen molar-refractivity contribution in [3.05, 3.63) is 35.9 Å². The monoisotopic (exact) mass is 303 g/mol. The van der Waals surface area contributed by atoms with Crippen LogP contribution in [0.3, 0.4) is 0 Å². The maximum atomic E-state index is 12.4. The third kappa shape index (κ3) is 4.58. The third-order valence-corrected chi connectivity index (χ3v) is 3.77. The quantitative estimate of drug-likeness (QED) is 0.791. The highest BCUT2D eigenvalue weighted by Crippen LogP contribution is 2.23. The van der Waals surface area contributed by atoms with Crippen LogP contribution in [0.5, 0.6) is 0 Å². The largest absolute Gasteiger partial charge is 0.444 e. The number of ketones is 1. The lowest BCUT2D eigenvalue weighted by atomic mass is 9.95. The van der Waals surface area contributed by atoms with Crippen LogP contribution in [0.15, 0.2) is 30.3 Å². The van der Waals surface area contributed by atoms with Crippen LogP contribution in [-0.4, -0.2) is 35.0 Å². The van der Waals surface area contributed by atoms with Gasteiger partial charge in [-0.15, -0.1) is 0 Å². The summed E-state index contributed by atoms with van der Waals surface area (Å²) >= 11 is 0. The fourth-order valence-electron chi connectivity index (χ4n) is 2.73. The van der Waals surface area contributed by atoms with Gasteiger partial charge in [-0.05, 0) is 40.0 Å². The lowest BCUT2D eigenvalue weighted by Gasteiger charge is -2.36. The summed E-state index contributed by atoms with van der Waals surface area (Å²) in [6.45, 7) is 6.25. The maximum absolute atomic E-state index is 12.4. The van der Waals surface area contributed by atoms with E-state index in [0.29, 0.717) is 18.5 Å². The zero-order valence-corrected chi connectivity index (χ0v) is 13.7. The summed E-state index contributed by atoms with van der Waals surface area (Å²) in [7, 11) is 0. The molecule has 1 atom stereocenters. The SMILES string of the molecule is CC(C)(C)OC(=O)N1CCCC[C@H]1CC(=O)c1ccccc1. The molecule has 1 aliphatic heterocycles. The van der Waals surface area contributed by atoms with Gasteiger partial charge in [-0.25, -0.2) is 4.79 Å². The van der Waals surface area contributed by atoms with E-state index >= 15 is 0 Å². The van der Waals surface area contributed by atoms with E-state index in [9.17, 15) is 9.59 Å². The highest BCUT2D eigenvalue weighted by Gasteiger charge is 2.31. The van der Waals surface area contributed by atoms with Gasteiger partial charge in [-0.3, -0.25) is 4.79 Å². The number of likely N-dealkylation sites (tertiary alicyclic amines) is 1. The molecule has 0 N–H and O–H groups in total. The number of amides is 1. The summed E-state index contributed by atoms with van der Waals surface area (Å²) in [6, 6.07) is 9.20. The molecule has 1 amide bonds. The molecule has 1 fully saturated rings. The molecule has 0 saturated carbocycles. The Morgan fingerprint density at radius 2 is 1.86 bits per heavy atom. The number of rotatable bonds is 3. The maximum Gasteiger partial charge on any atom is 0.410 e. The van der Waals surface area contributed by atoms with Gasteiger partial charge >= 0.3 is 6.09 Å². The molecule has 4 nitrogen and oxygen atoms in total. The van der Waals surface area contributed by atoms with Crippen molar-refractivity contribution in [3.63, 3.8) is 0 Å². The van der Waals surface area contributed by atoms with Crippen molar-refractivity contribution in [2.45, 2.75) is 58.1 Å². The summed E-state index contributed by atoms with van der Waals surface area (Å²) in [5.41, 5.74) is 0.194. The number of hydrogen-bond acceptors (Lipinski definition) is 3. The van der Waals surface area contributed by atoms with Gasteiger partial charge in [-0.1, -0.05) is 30.3 Å². The number of piperidine rings is 1. The topological polar surface area (TPSA) is 46.6 Å². The van der Waals surface area contributed by atoms with Crippen molar-refractivity contribution in [1.82, 2.24) is 4.90 Å². The molecule has 0 radical (unpaired) electrons. The van der Waals surface area contributed by atoms with Crippen LogP contribution in [-0.2, 0) is 4.74 Å². The molecule has 0 aromatic heterocycles. The molecule has 1 aromatic rings. The standard InChI is InChI=1S/C18H25NO3/c1-18(2,3)22-17(21)19-12-8-7-11-15(19)13-16(20)14-9-5-4-6-10-14/h4-6,9-10,15H,7-8,11-13H2,1-3H3/t15-/m0/s1. The Hall–Kier alpha value is -1.84. The predicted molar refractivity (Wildman–Crippen MR) is 86.0 cm³/mol. The molecule has 4 heteroatoms. The van der Waals surface area contributed by atoms with Gasteiger partial charge in [0.2, 0.25) is 0 Å². The number of hydrogen-bond donors (Lipinski definition) is 0. The van der Waals surface area contributed by atoms with Gasteiger partial charge in [0.1, 0.15) is 5.60 Å². The summed E-state index contributed by atoms with van der Waals surface area (Å²) in [5, 5.41) is 0. The van der Waals surface area contributed by atoms with Crippen LogP contribution in [0.4, 0.5) is 4.79 Å². The summed E-state index contributed by atoms with van der Waals surface area (Å²) in [5.74, 6) is 0.0843. The van der Waals surface area contributed by atoms with Crippen molar-refractivity contribution in [3.8, 4) is 0 Å². The van der Waals surface area contributed by atoms with Crippen molar-refractivity contribution in [2.75, 3.05) is 6.54 Å². The molecule has 2 rings (SSSR count). The minimum atomic E-state index is -0.511. The first-order valence-corrected chi connectivity index (χ1v) is 7.95. The predicted octanol–water partition coefficient (Wildman–Crippen LogP) is 4.05. The lowest BCUT2D eigenvalue weighted by molar-refractivity contribution is 0.00946. The van der Waals surface area contributed by atoms with E-state index in [2.05, 4.69) is 0 Å². The Labute approximate surface area is 132 Å². The highest BCUT2D eigenvalue weighted by atomic mass is 16.6. The number of carbonyl (C=O) groups excluding carboxylic acids is 2. The molecule has 22 heavy (non-hydrogen) atoms. The Kier molecular flexibility index (Phi) is 5.22. The molecule has 1 aromatic carbocycles. The second-order valence-corrected chi connectivity index (χ2v) is 6.82. The molecule has 120 valence electrons. The second kappa shape index (κ2) is 6.95. The molecule has 1 saturated heterocycles. The Morgan fingerprint density at radius 3 is 2.50 bits per heavy atom. The van der Waals surface area contributed by atoms with Crippen LogP contribution >= 0.6 is 0 Å². The van der Waals surface area contributed by atoms with Gasteiger partial charge in [-0.2, -0.15) is 0 Å². The normalized spacial score (nSPS) is 18.9. The summed E-state index contributed by atoms with van der Waals surface area (Å²) < 4.78 is 5.47. The first-order chi connectivity index (χ1) is 10.4. The van der Waals surface area contributed by atoms with Gasteiger partial charge < -0.3 is 9.64 Å². The van der Waals surface area contributed by atoms with E-state index in [1.165, 1.54) is 0 Å². The number of ether oxygens (including phenoxy) is 1. The van der Waals surface area contributed by atoms with E-state index < -0.39 is 5.60 Å². The molecule has 0 unspecified atom stereocenters. The number of carbonyl (C=O) groups is 2. The minimum absolute atomic E-state index is 0.0590. The molecule has 1 aliphatic rings. The van der Waals surface area contributed by atoms with Crippen LogP contribution in [0.2, 0.25) is 0 Å². The van der Waals surface area contributed by atoms with Crippen molar-refractivity contribution in [1.29, 1.82) is 0 Å². The zero-order valence-electron chi connectivity index (χ0n) is 13.7. The first-order valence-electron chi connectivity index (χ1n) is 7.95. The van der Waals surface area contributed by atoms with E-state index in [4.69, 9.17) is 4.74 Å². The van der Waals surface area contributed by atoms with E-state index in [1.807, 2.05) is 51.1 Å². The second-order valence-electron chi connectivity index (χ2n) is 6.82. The molecule has 1 heterocycles. The van der Waals surface area contributed by atoms with Crippen LogP contribution < -0.4 is 0 Å². The van der Waals surface area contributed by atoms with Crippen LogP contribution in [0.25, 0.3) is 0 Å². The average Bonchev–Trinajstić information content (AvgIpc) is 2.47. The molecular formula is C18H25NO3. The molecule has 0 spiro atoms. The highest BCUT2D eigenvalue weighted by molar-refractivity contribution is 5.96. The van der Waals surface area contributed by atoms with E-state index in [-0.39, 0.29) is 17.9 Å². The zero-order chi connectivity index (χ0) is 16.2. The molecule has 0 bridgehead atoms. The third-order valence-electron chi connectivity index (χ3n) is 3.77. The first kappa shape index (κ1) is 16.5. The van der Waals surface area contributed by atoms with Crippen molar-refractivity contribution >= 4 is 11.9 Å². The number of nitrogens with zero attached hydrogens (tertiary/aromatic N) is 1. The number of benzene rings is 1. The fourth-order valence-corrected chi connectivity index (χ4v) is 2.73. The Morgan fingerprint density at radius 1 is 1.18 bits per heavy atom. The number of Topliss-reactive ketones (excluding diaryl/α,β-unsaturated/α-hetero) is 1. The van der Waals surface area contributed by atoms with E-state index in [1.54, 1.807) is 4.90 Å². The van der Waals surface area contributed by atoms with Gasteiger partial charge in [0.25, 0.3) is 0 Å². The lowest BCUT2D eigenvalue weighted by Crippen LogP contribution is -2.46. The fraction of sp³-hybridized carbons (Fsp3) is 0.556. The van der Waals surface area contributed by atoms with Gasteiger partial charge in [0, 0.05) is 24.6 Å².